The summed E-state index contributed by atoms with van der Waals surface area (Å²) in [7, 11) is 0. The number of hydrogen-bond acceptors (Lipinski definition) is 3. The van der Waals surface area contributed by atoms with Crippen LogP contribution in [0.1, 0.15) is 77.6 Å². The minimum Gasteiger partial charge on any atom is -0.331 e. The molecule has 6 heteroatoms. The maximum atomic E-state index is 13.0. The number of hydrogen-bond donors (Lipinski definition) is 1. The zero-order chi connectivity index (χ0) is 23.3. The molecular formula is C25H38N4O2. The molecule has 2 aromatic rings. The number of carbonyl (C=O) groups excluding carboxylic acids is 2. The standard InChI is InChI=1S/C25H38N4O2/c1-9-10-14-24(31)28(17(2)3)16-23(30)26-22-15-21(25(6,7)8)27-29(22)20-13-11-12-18(4)19(20)5/h11-13,15,17H,9-10,14,16H2,1-8H3,(H,26,30). The number of amides is 2. The molecule has 6 nitrogen and oxygen atoms in total. The Morgan fingerprint density at radius 2 is 1.87 bits per heavy atom. The molecule has 1 N–H and O–H groups in total. The topological polar surface area (TPSA) is 67.2 Å². The minimum absolute atomic E-state index is 0.0189. The Bertz CT molecular complexity index is 922. The number of unbranched alkanes of at least 4 members (excludes halogenated alkanes) is 1. The predicted octanol–water partition coefficient (Wildman–Crippen LogP) is 5.15. The van der Waals surface area contributed by atoms with E-state index < -0.39 is 0 Å². The van der Waals surface area contributed by atoms with E-state index >= 15 is 0 Å². The molecule has 0 saturated carbocycles. The van der Waals surface area contributed by atoms with Gasteiger partial charge >= 0.3 is 0 Å². The third kappa shape index (κ3) is 6.18. The minimum atomic E-state index is -0.217. The van der Waals surface area contributed by atoms with Gasteiger partial charge in [-0.25, -0.2) is 4.68 Å². The van der Waals surface area contributed by atoms with Crippen LogP contribution in [0.3, 0.4) is 0 Å². The fourth-order valence-corrected chi connectivity index (χ4v) is 3.35. The molecule has 2 amide bonds. The van der Waals surface area contributed by atoms with Crippen LogP contribution in [0.2, 0.25) is 0 Å². The van der Waals surface area contributed by atoms with Crippen LogP contribution in [0, 0.1) is 13.8 Å². The summed E-state index contributed by atoms with van der Waals surface area (Å²) in [6, 6.07) is 7.95. The number of nitrogens with one attached hydrogen (secondary N) is 1. The Labute approximate surface area is 187 Å². The van der Waals surface area contributed by atoms with Crippen LogP contribution >= 0.6 is 0 Å². The number of nitrogens with zero attached hydrogens (tertiary/aromatic N) is 3. The van der Waals surface area contributed by atoms with Crippen LogP contribution < -0.4 is 5.32 Å². The summed E-state index contributed by atoms with van der Waals surface area (Å²) >= 11 is 0. The first-order valence-corrected chi connectivity index (χ1v) is 11.2. The van der Waals surface area contributed by atoms with Crippen LogP contribution in [-0.4, -0.2) is 39.1 Å². The quantitative estimate of drug-likeness (QED) is 0.634. The molecule has 0 aliphatic carbocycles. The molecule has 0 aliphatic heterocycles. The van der Waals surface area contributed by atoms with Gasteiger partial charge in [-0.15, -0.1) is 0 Å². The average Bonchev–Trinajstić information content (AvgIpc) is 3.10. The maximum absolute atomic E-state index is 13.0. The number of carbonyl (C=O) groups is 2. The molecule has 0 aliphatic rings. The Hall–Kier alpha value is -2.63. The molecule has 0 fully saturated rings. The molecule has 1 heterocycles. The van der Waals surface area contributed by atoms with E-state index in [0.29, 0.717) is 12.2 Å². The number of benzene rings is 1. The van der Waals surface area contributed by atoms with Gasteiger partial charge in [0.15, 0.2) is 0 Å². The lowest BCUT2D eigenvalue weighted by Crippen LogP contribution is -2.42. The predicted molar refractivity (Wildman–Crippen MR) is 127 cm³/mol. The number of anilines is 1. The summed E-state index contributed by atoms with van der Waals surface area (Å²) in [4.78, 5) is 27.2. The molecule has 1 aromatic heterocycles. The molecule has 170 valence electrons. The summed E-state index contributed by atoms with van der Waals surface area (Å²) in [6.45, 7) is 16.4. The largest absolute Gasteiger partial charge is 0.331 e. The highest BCUT2D eigenvalue weighted by Crippen LogP contribution is 2.28. The number of rotatable bonds is 8. The third-order valence-electron chi connectivity index (χ3n) is 5.55. The van der Waals surface area contributed by atoms with Gasteiger partial charge < -0.3 is 10.2 Å². The third-order valence-corrected chi connectivity index (χ3v) is 5.55. The number of aryl methyl sites for hydroxylation is 1. The van der Waals surface area contributed by atoms with Crippen molar-refractivity contribution >= 4 is 17.6 Å². The van der Waals surface area contributed by atoms with E-state index in [4.69, 9.17) is 5.10 Å². The average molecular weight is 427 g/mol. The first kappa shape index (κ1) is 24.6. The molecule has 0 saturated heterocycles. The van der Waals surface area contributed by atoms with Crippen molar-refractivity contribution in [3.63, 3.8) is 0 Å². The molecule has 1 aromatic carbocycles. The summed E-state index contributed by atoms with van der Waals surface area (Å²) in [5.74, 6) is 0.421. The number of aromatic nitrogens is 2. The zero-order valence-electron chi connectivity index (χ0n) is 20.4. The molecular weight excluding hydrogens is 388 g/mol. The van der Waals surface area contributed by atoms with Crippen LogP contribution in [-0.2, 0) is 15.0 Å². The van der Waals surface area contributed by atoms with Gasteiger partial charge in [-0.3, -0.25) is 9.59 Å². The first-order chi connectivity index (χ1) is 14.5. The van der Waals surface area contributed by atoms with Crippen LogP contribution in [0.5, 0.6) is 0 Å². The Balaban J connectivity index is 2.34. The Morgan fingerprint density at radius 1 is 1.19 bits per heavy atom. The first-order valence-electron chi connectivity index (χ1n) is 11.2. The van der Waals surface area contributed by atoms with Crippen molar-refractivity contribution < 1.29 is 9.59 Å². The Kier molecular flexibility index (Phi) is 8.04. The van der Waals surface area contributed by atoms with Gasteiger partial charge in [0.2, 0.25) is 11.8 Å². The molecule has 0 atom stereocenters. The lowest BCUT2D eigenvalue weighted by molar-refractivity contribution is -0.136. The van der Waals surface area contributed by atoms with E-state index in [1.165, 1.54) is 0 Å². The molecule has 31 heavy (non-hydrogen) atoms. The summed E-state index contributed by atoms with van der Waals surface area (Å²) in [5.41, 5.74) is 3.94. The molecule has 0 unspecified atom stereocenters. The lowest BCUT2D eigenvalue weighted by atomic mass is 9.92. The van der Waals surface area contributed by atoms with Gasteiger partial charge in [0.25, 0.3) is 0 Å². The summed E-state index contributed by atoms with van der Waals surface area (Å²) < 4.78 is 1.80. The van der Waals surface area contributed by atoms with Crippen molar-refractivity contribution in [1.82, 2.24) is 14.7 Å². The highest BCUT2D eigenvalue weighted by Gasteiger charge is 2.24. The van der Waals surface area contributed by atoms with Crippen LogP contribution in [0.4, 0.5) is 5.82 Å². The van der Waals surface area contributed by atoms with Gasteiger partial charge in [-0.05, 0) is 51.3 Å². The second-order valence-electron chi connectivity index (χ2n) is 9.56. The second-order valence-corrected chi connectivity index (χ2v) is 9.56. The highest BCUT2D eigenvalue weighted by atomic mass is 16.2. The van der Waals surface area contributed by atoms with E-state index in [9.17, 15) is 9.59 Å². The van der Waals surface area contributed by atoms with Crippen molar-refractivity contribution in [3.8, 4) is 5.69 Å². The van der Waals surface area contributed by atoms with E-state index in [2.05, 4.69) is 52.9 Å². The van der Waals surface area contributed by atoms with Gasteiger partial charge in [0.05, 0.1) is 11.4 Å². The van der Waals surface area contributed by atoms with Crippen molar-refractivity contribution in [3.05, 3.63) is 41.1 Å². The second kappa shape index (κ2) is 10.1. The summed E-state index contributed by atoms with van der Waals surface area (Å²) in [5, 5.41) is 7.83. The fraction of sp³-hybridized carbons (Fsp3) is 0.560. The SMILES string of the molecule is CCCCC(=O)N(CC(=O)Nc1cc(C(C)(C)C)nn1-c1cccc(C)c1C)C(C)C. The van der Waals surface area contributed by atoms with Gasteiger partial charge in [-0.2, -0.15) is 5.10 Å². The zero-order valence-corrected chi connectivity index (χ0v) is 20.4. The van der Waals surface area contributed by atoms with Crippen molar-refractivity contribution in [2.45, 2.75) is 86.1 Å². The van der Waals surface area contributed by atoms with Crippen molar-refractivity contribution in [2.75, 3.05) is 11.9 Å². The molecule has 2 rings (SSSR count). The van der Waals surface area contributed by atoms with Crippen LogP contribution in [0.25, 0.3) is 5.69 Å². The summed E-state index contributed by atoms with van der Waals surface area (Å²) in [6.07, 6.45) is 2.25. The Morgan fingerprint density at radius 3 is 2.45 bits per heavy atom. The van der Waals surface area contributed by atoms with Gasteiger partial charge in [0, 0.05) is 23.9 Å². The van der Waals surface area contributed by atoms with Gasteiger partial charge in [0.1, 0.15) is 12.4 Å². The van der Waals surface area contributed by atoms with E-state index in [-0.39, 0.29) is 29.8 Å². The lowest BCUT2D eigenvalue weighted by Gasteiger charge is -2.26. The van der Waals surface area contributed by atoms with Gasteiger partial charge in [-0.1, -0.05) is 46.2 Å². The highest BCUT2D eigenvalue weighted by molar-refractivity contribution is 5.94. The smallest absolute Gasteiger partial charge is 0.245 e. The van der Waals surface area contributed by atoms with Crippen molar-refractivity contribution in [2.24, 2.45) is 0 Å². The monoisotopic (exact) mass is 426 g/mol. The molecule has 0 spiro atoms. The maximum Gasteiger partial charge on any atom is 0.245 e. The van der Waals surface area contributed by atoms with Crippen molar-refractivity contribution in [1.29, 1.82) is 0 Å². The van der Waals surface area contributed by atoms with Crippen LogP contribution in [0.15, 0.2) is 24.3 Å². The normalized spacial score (nSPS) is 11.6. The molecule has 0 radical (unpaired) electrons. The molecule has 0 bridgehead atoms. The fourth-order valence-electron chi connectivity index (χ4n) is 3.35. The van der Waals surface area contributed by atoms with E-state index in [1.807, 2.05) is 32.0 Å². The van der Waals surface area contributed by atoms with E-state index in [0.717, 1.165) is 35.3 Å². The van der Waals surface area contributed by atoms with E-state index in [1.54, 1.807) is 9.58 Å².